The standard InChI is InChI=1S/C34H46N2O2/c37-31(33-15-21-6-22(16-33)8-23(7-21)17-33)35-29-12-28(27-4-2-1-3-5-27)13-30(14-29)36-32(38)34-18-24-9-25(19-34)11-26(10-24)20-34/h12-14,21-27H,1-11,15-20H2,(H,35,37)(H,36,38). The number of nitrogens with one attached hydrogen (secondary N) is 2. The van der Waals surface area contributed by atoms with Gasteiger partial charge in [-0.25, -0.2) is 0 Å². The van der Waals surface area contributed by atoms with E-state index in [4.69, 9.17) is 0 Å². The smallest absolute Gasteiger partial charge is 0.230 e. The van der Waals surface area contributed by atoms with Gasteiger partial charge in [-0.1, -0.05) is 19.3 Å². The Hall–Kier alpha value is -1.84. The quantitative estimate of drug-likeness (QED) is 0.418. The van der Waals surface area contributed by atoms with Crippen molar-refractivity contribution < 1.29 is 9.59 Å². The zero-order valence-electron chi connectivity index (χ0n) is 23.1. The third-order valence-electron chi connectivity index (χ3n) is 12.6. The van der Waals surface area contributed by atoms with Gasteiger partial charge >= 0.3 is 0 Å². The predicted octanol–water partition coefficient (Wildman–Crippen LogP) is 8.04. The van der Waals surface area contributed by atoms with Crippen molar-refractivity contribution >= 4 is 23.2 Å². The first-order valence-corrected chi connectivity index (χ1v) is 16.2. The average molecular weight is 515 g/mol. The van der Waals surface area contributed by atoms with E-state index in [0.717, 1.165) is 85.4 Å². The van der Waals surface area contributed by atoms with Crippen molar-refractivity contribution in [2.45, 2.75) is 115 Å². The third-order valence-corrected chi connectivity index (χ3v) is 12.6. The molecule has 9 aliphatic carbocycles. The number of hydrogen-bond acceptors (Lipinski definition) is 2. The summed E-state index contributed by atoms with van der Waals surface area (Å²) in [5.74, 6) is 5.62. The van der Waals surface area contributed by atoms with Crippen molar-refractivity contribution in [3.63, 3.8) is 0 Å². The lowest BCUT2D eigenvalue weighted by Gasteiger charge is -2.55. The van der Waals surface area contributed by atoms with Crippen molar-refractivity contribution in [1.82, 2.24) is 0 Å². The van der Waals surface area contributed by atoms with E-state index in [1.54, 1.807) is 0 Å². The van der Waals surface area contributed by atoms with Gasteiger partial charge in [-0.05, 0) is 155 Å². The molecule has 4 heteroatoms. The van der Waals surface area contributed by atoms with Crippen molar-refractivity contribution in [3.8, 4) is 0 Å². The number of hydrogen-bond donors (Lipinski definition) is 2. The van der Waals surface area contributed by atoms with Crippen LogP contribution in [0.3, 0.4) is 0 Å². The minimum absolute atomic E-state index is 0.155. The molecule has 9 aliphatic rings. The molecule has 0 saturated heterocycles. The molecule has 0 heterocycles. The lowest BCUT2D eigenvalue weighted by atomic mass is 9.49. The highest BCUT2D eigenvalue weighted by Crippen LogP contribution is 2.61. The van der Waals surface area contributed by atoms with E-state index in [9.17, 15) is 9.59 Å². The van der Waals surface area contributed by atoms with Crippen molar-refractivity contribution in [3.05, 3.63) is 23.8 Å². The maximum atomic E-state index is 13.9. The van der Waals surface area contributed by atoms with Gasteiger partial charge < -0.3 is 10.6 Å². The summed E-state index contributed by atoms with van der Waals surface area (Å²) in [4.78, 5) is 27.8. The van der Waals surface area contributed by atoms with E-state index in [2.05, 4.69) is 28.8 Å². The summed E-state index contributed by atoms with van der Waals surface area (Å²) in [5, 5.41) is 6.87. The molecule has 0 atom stereocenters. The van der Waals surface area contributed by atoms with Crippen LogP contribution in [0, 0.1) is 46.3 Å². The van der Waals surface area contributed by atoms with Gasteiger partial charge in [0.25, 0.3) is 0 Å². The van der Waals surface area contributed by atoms with E-state index >= 15 is 0 Å². The molecule has 1 aromatic rings. The van der Waals surface area contributed by atoms with E-state index in [1.165, 1.54) is 76.2 Å². The van der Waals surface area contributed by atoms with Gasteiger partial charge in [0.1, 0.15) is 0 Å². The summed E-state index contributed by atoms with van der Waals surface area (Å²) in [6.07, 6.45) is 20.9. The highest BCUT2D eigenvalue weighted by molar-refractivity contribution is 5.99. The molecule has 10 rings (SSSR count). The van der Waals surface area contributed by atoms with Crippen molar-refractivity contribution in [2.24, 2.45) is 46.3 Å². The molecule has 8 bridgehead atoms. The highest BCUT2D eigenvalue weighted by atomic mass is 16.2. The van der Waals surface area contributed by atoms with Crippen molar-refractivity contribution in [2.75, 3.05) is 10.6 Å². The molecule has 2 amide bonds. The number of carbonyl (C=O) groups is 2. The molecule has 0 spiro atoms. The second-order valence-corrected chi connectivity index (χ2v) is 15.5. The first-order chi connectivity index (χ1) is 18.4. The normalized spacial score (nSPS) is 42.8. The first-order valence-electron chi connectivity index (χ1n) is 16.2. The fraction of sp³-hybridized carbons (Fsp3) is 0.765. The largest absolute Gasteiger partial charge is 0.326 e. The summed E-state index contributed by atoms with van der Waals surface area (Å²) in [6, 6.07) is 6.56. The Balaban J connectivity index is 1.06. The Morgan fingerprint density at radius 1 is 0.553 bits per heavy atom. The van der Waals surface area contributed by atoms with Crippen LogP contribution in [0.25, 0.3) is 0 Å². The number of anilines is 2. The molecule has 204 valence electrons. The average Bonchev–Trinajstić information content (AvgIpc) is 2.87. The monoisotopic (exact) mass is 514 g/mol. The second kappa shape index (κ2) is 8.83. The Kier molecular flexibility index (Phi) is 5.58. The van der Waals surface area contributed by atoms with Crippen LogP contribution in [-0.2, 0) is 9.59 Å². The number of benzene rings is 1. The summed E-state index contributed by atoms with van der Waals surface area (Å²) in [7, 11) is 0. The van der Waals surface area contributed by atoms with Crippen LogP contribution in [0.4, 0.5) is 11.4 Å². The minimum Gasteiger partial charge on any atom is -0.326 e. The highest BCUT2D eigenvalue weighted by Gasteiger charge is 2.56. The van der Waals surface area contributed by atoms with E-state index in [1.807, 2.05) is 0 Å². The summed E-state index contributed by atoms with van der Waals surface area (Å²) in [5.41, 5.74) is 2.83. The molecule has 0 unspecified atom stereocenters. The molecule has 2 N–H and O–H groups in total. The van der Waals surface area contributed by atoms with Gasteiger partial charge in [-0.3, -0.25) is 9.59 Å². The van der Waals surface area contributed by atoms with Gasteiger partial charge in [-0.15, -0.1) is 0 Å². The number of rotatable bonds is 5. The Morgan fingerprint density at radius 3 is 1.29 bits per heavy atom. The van der Waals surface area contributed by atoms with Crippen LogP contribution in [0.2, 0.25) is 0 Å². The van der Waals surface area contributed by atoms with Crippen LogP contribution in [0.15, 0.2) is 18.2 Å². The van der Waals surface area contributed by atoms with Gasteiger partial charge in [0.15, 0.2) is 0 Å². The molecule has 9 saturated carbocycles. The lowest BCUT2D eigenvalue weighted by Crippen LogP contribution is -2.52. The van der Waals surface area contributed by atoms with Gasteiger partial charge in [0.05, 0.1) is 10.8 Å². The summed E-state index contributed by atoms with van der Waals surface area (Å²) < 4.78 is 0. The molecule has 0 aliphatic heterocycles. The van der Waals surface area contributed by atoms with Gasteiger partial charge in [-0.2, -0.15) is 0 Å². The zero-order chi connectivity index (χ0) is 25.5. The second-order valence-electron chi connectivity index (χ2n) is 15.5. The van der Waals surface area contributed by atoms with Crippen LogP contribution in [0.1, 0.15) is 121 Å². The Labute approximate surface area is 228 Å². The SMILES string of the molecule is O=C(Nc1cc(NC(=O)C23CC4CC(CC(C4)C2)C3)cc(C2CCCCC2)c1)C12CC3CC(CC(C3)C1)C2. The molecule has 4 nitrogen and oxygen atoms in total. The Morgan fingerprint density at radius 2 is 0.921 bits per heavy atom. The topological polar surface area (TPSA) is 58.2 Å². The molecule has 38 heavy (non-hydrogen) atoms. The maximum absolute atomic E-state index is 13.9. The molecular formula is C34H46N2O2. The molecule has 0 aromatic heterocycles. The molecule has 1 aromatic carbocycles. The van der Waals surface area contributed by atoms with Gasteiger partial charge in [0.2, 0.25) is 11.8 Å². The predicted molar refractivity (Wildman–Crippen MR) is 151 cm³/mol. The van der Waals surface area contributed by atoms with Crippen LogP contribution >= 0.6 is 0 Å². The van der Waals surface area contributed by atoms with Crippen LogP contribution in [0.5, 0.6) is 0 Å². The zero-order valence-corrected chi connectivity index (χ0v) is 23.1. The molecule has 0 radical (unpaired) electrons. The fourth-order valence-electron chi connectivity index (χ4n) is 11.8. The minimum atomic E-state index is -0.155. The molecular weight excluding hydrogens is 468 g/mol. The maximum Gasteiger partial charge on any atom is 0.230 e. The fourth-order valence-corrected chi connectivity index (χ4v) is 11.8. The number of carbonyl (C=O) groups excluding carboxylic acids is 2. The molecule has 9 fully saturated rings. The third kappa shape index (κ3) is 4.06. The van der Waals surface area contributed by atoms with Crippen LogP contribution in [-0.4, -0.2) is 11.8 Å². The van der Waals surface area contributed by atoms with Crippen LogP contribution < -0.4 is 10.6 Å². The lowest BCUT2D eigenvalue weighted by molar-refractivity contribution is -0.140. The van der Waals surface area contributed by atoms with E-state index < -0.39 is 0 Å². The number of amides is 2. The first kappa shape index (κ1) is 24.0. The summed E-state index contributed by atoms with van der Waals surface area (Å²) in [6.45, 7) is 0. The summed E-state index contributed by atoms with van der Waals surface area (Å²) >= 11 is 0. The van der Waals surface area contributed by atoms with Gasteiger partial charge in [0, 0.05) is 11.4 Å². The van der Waals surface area contributed by atoms with E-state index in [0.29, 0.717) is 5.92 Å². The van der Waals surface area contributed by atoms with E-state index in [-0.39, 0.29) is 22.6 Å². The Bertz CT molecular complexity index is 984. The van der Waals surface area contributed by atoms with Crippen molar-refractivity contribution in [1.29, 1.82) is 0 Å².